The van der Waals surface area contributed by atoms with Crippen LogP contribution >= 0.6 is 22.9 Å². The number of ether oxygens (including phenoxy) is 1. The molecule has 2 aliphatic rings. The Morgan fingerprint density at radius 1 is 1.07 bits per heavy atom. The van der Waals surface area contributed by atoms with Crippen LogP contribution in [0, 0.1) is 13.8 Å². The van der Waals surface area contributed by atoms with E-state index in [1.165, 1.54) is 17.5 Å². The van der Waals surface area contributed by atoms with Crippen molar-refractivity contribution in [2.24, 2.45) is 0 Å². The van der Waals surface area contributed by atoms with Crippen LogP contribution in [0.25, 0.3) is 0 Å². The van der Waals surface area contributed by atoms with Gasteiger partial charge in [-0.2, -0.15) is 0 Å². The van der Waals surface area contributed by atoms with E-state index in [0.717, 1.165) is 63.5 Å². The number of nitrogens with zero attached hydrogens (tertiary/aromatic N) is 6. The molecule has 230 valence electrons. The van der Waals surface area contributed by atoms with E-state index in [1.54, 1.807) is 6.07 Å². The van der Waals surface area contributed by atoms with Crippen molar-refractivity contribution in [3.8, 4) is 0 Å². The lowest BCUT2D eigenvalue weighted by Gasteiger charge is -2.36. The number of likely N-dealkylation sites (tertiary alicyclic amines) is 1. The van der Waals surface area contributed by atoms with Gasteiger partial charge >= 0.3 is 5.97 Å². The van der Waals surface area contributed by atoms with Crippen molar-refractivity contribution in [3.63, 3.8) is 0 Å². The van der Waals surface area contributed by atoms with E-state index in [-0.39, 0.29) is 11.9 Å². The summed E-state index contributed by atoms with van der Waals surface area (Å²) in [6.45, 7) is 14.0. The maximum Gasteiger partial charge on any atom is 0.326 e. The number of halogens is 1. The average Bonchev–Trinajstić information content (AvgIpc) is 3.69. The molecule has 3 aromatic rings. The number of esters is 1. The first kappa shape index (κ1) is 31.1. The second-order valence-corrected chi connectivity index (χ2v) is 12.9. The number of thiazole rings is 1. The van der Waals surface area contributed by atoms with Gasteiger partial charge in [0, 0.05) is 38.8 Å². The molecule has 2 saturated heterocycles. The van der Waals surface area contributed by atoms with Gasteiger partial charge in [0.2, 0.25) is 0 Å². The smallest absolute Gasteiger partial charge is 0.326 e. The lowest BCUT2D eigenvalue weighted by atomic mass is 10.0. The number of anilines is 4. The molecule has 13 heteroatoms. The highest BCUT2D eigenvalue weighted by atomic mass is 35.5. The van der Waals surface area contributed by atoms with E-state index < -0.39 is 5.54 Å². The molecule has 2 fully saturated rings. The van der Waals surface area contributed by atoms with E-state index in [4.69, 9.17) is 16.3 Å². The summed E-state index contributed by atoms with van der Waals surface area (Å²) < 4.78 is 5.68. The van der Waals surface area contributed by atoms with Gasteiger partial charge in [-0.1, -0.05) is 35.1 Å². The van der Waals surface area contributed by atoms with Crippen LogP contribution in [0.3, 0.4) is 0 Å². The van der Waals surface area contributed by atoms with Crippen LogP contribution in [0.1, 0.15) is 47.7 Å². The monoisotopic (exact) mass is 626 g/mol. The van der Waals surface area contributed by atoms with Gasteiger partial charge in [0.1, 0.15) is 34.5 Å². The number of rotatable bonds is 10. The van der Waals surface area contributed by atoms with Crippen molar-refractivity contribution >= 4 is 57.3 Å². The van der Waals surface area contributed by atoms with Crippen LogP contribution < -0.4 is 15.5 Å². The van der Waals surface area contributed by atoms with E-state index in [0.29, 0.717) is 45.5 Å². The average molecular weight is 627 g/mol. The SMILES string of the molecule is Cc1nc(Nc2ncc(C(=O)Nc3c(C)cccc3Cl)s2)cc(N2CCN(CCOC(=O)C(C)(C)N3CCCC3)CC2)n1. The standard InChI is InChI=1S/C30H39ClN8O3S/c1-20-8-7-9-22(31)26(20)36-27(40)23-19-32-29(43-23)35-24-18-25(34-21(2)33-24)38-14-12-37(13-15-38)16-17-42-28(41)30(3,4)39-10-5-6-11-39/h7-9,18-19H,5-6,10-17H2,1-4H3,(H,36,40)(H,32,33,34,35). The number of aromatic nitrogens is 3. The molecule has 2 aliphatic heterocycles. The Morgan fingerprint density at radius 3 is 2.53 bits per heavy atom. The Kier molecular flexibility index (Phi) is 9.80. The van der Waals surface area contributed by atoms with Crippen molar-refractivity contribution in [2.45, 2.75) is 46.1 Å². The highest BCUT2D eigenvalue weighted by Crippen LogP contribution is 2.29. The first-order valence-electron chi connectivity index (χ1n) is 14.6. The molecule has 0 spiro atoms. The van der Waals surface area contributed by atoms with Gasteiger partial charge in [0.15, 0.2) is 5.13 Å². The second-order valence-electron chi connectivity index (χ2n) is 11.4. The normalized spacial score (nSPS) is 16.3. The van der Waals surface area contributed by atoms with Crippen molar-refractivity contribution in [3.05, 3.63) is 51.7 Å². The number of hydrogen-bond acceptors (Lipinski definition) is 11. The second kappa shape index (κ2) is 13.5. The number of carbonyl (C=O) groups excluding carboxylic acids is 2. The van der Waals surface area contributed by atoms with E-state index in [1.807, 2.05) is 45.9 Å². The zero-order valence-corrected chi connectivity index (χ0v) is 26.7. The van der Waals surface area contributed by atoms with Crippen LogP contribution in [0.2, 0.25) is 5.02 Å². The number of para-hydroxylation sites is 1. The highest BCUT2D eigenvalue weighted by molar-refractivity contribution is 7.17. The van der Waals surface area contributed by atoms with E-state index >= 15 is 0 Å². The third-order valence-corrected chi connectivity index (χ3v) is 9.21. The molecule has 0 atom stereocenters. The molecular formula is C30H39ClN8O3S. The number of carbonyl (C=O) groups is 2. The van der Waals surface area contributed by atoms with Crippen molar-refractivity contribution in [1.82, 2.24) is 24.8 Å². The lowest BCUT2D eigenvalue weighted by molar-refractivity contribution is -0.156. The third kappa shape index (κ3) is 7.61. The van der Waals surface area contributed by atoms with Crippen LogP contribution in [0.5, 0.6) is 0 Å². The van der Waals surface area contributed by atoms with Gasteiger partial charge in [-0.25, -0.2) is 15.0 Å². The van der Waals surface area contributed by atoms with E-state index in [2.05, 4.69) is 40.3 Å². The Bertz CT molecular complexity index is 1430. The number of amides is 1. The molecule has 0 bridgehead atoms. The Morgan fingerprint density at radius 2 is 1.81 bits per heavy atom. The fourth-order valence-electron chi connectivity index (χ4n) is 5.34. The number of benzene rings is 1. The molecule has 1 amide bonds. The summed E-state index contributed by atoms with van der Waals surface area (Å²) in [5, 5.41) is 7.15. The maximum absolute atomic E-state index is 12.8. The summed E-state index contributed by atoms with van der Waals surface area (Å²) in [5.74, 6) is 1.66. The minimum atomic E-state index is -0.575. The zero-order chi connectivity index (χ0) is 30.6. The first-order valence-corrected chi connectivity index (χ1v) is 15.8. The Labute approximate surface area is 261 Å². The number of piperazine rings is 1. The molecule has 0 saturated carbocycles. The molecule has 2 aromatic heterocycles. The third-order valence-electron chi connectivity index (χ3n) is 7.98. The summed E-state index contributed by atoms with van der Waals surface area (Å²) in [6, 6.07) is 7.38. The van der Waals surface area contributed by atoms with Crippen LogP contribution in [0.4, 0.5) is 22.5 Å². The molecular weight excluding hydrogens is 588 g/mol. The fraction of sp³-hybridized carbons (Fsp3) is 0.500. The molecule has 43 heavy (non-hydrogen) atoms. The zero-order valence-electron chi connectivity index (χ0n) is 25.2. The predicted molar refractivity (Wildman–Crippen MR) is 171 cm³/mol. The summed E-state index contributed by atoms with van der Waals surface area (Å²) in [4.78, 5) is 46.3. The summed E-state index contributed by atoms with van der Waals surface area (Å²) >= 11 is 7.50. The van der Waals surface area contributed by atoms with Gasteiger partial charge < -0.3 is 20.3 Å². The molecule has 0 unspecified atom stereocenters. The minimum Gasteiger partial charge on any atom is -0.463 e. The topological polar surface area (TPSA) is 116 Å². The quantitative estimate of drug-likeness (QED) is 0.306. The number of hydrogen-bond donors (Lipinski definition) is 2. The predicted octanol–water partition coefficient (Wildman–Crippen LogP) is 4.74. The summed E-state index contributed by atoms with van der Waals surface area (Å²) in [6.07, 6.45) is 3.81. The number of aryl methyl sites for hydroxylation is 2. The van der Waals surface area contributed by atoms with Gasteiger partial charge in [0.25, 0.3) is 5.91 Å². The maximum atomic E-state index is 12.8. The fourth-order valence-corrected chi connectivity index (χ4v) is 6.33. The minimum absolute atomic E-state index is 0.145. The Balaban J connectivity index is 1.12. The van der Waals surface area contributed by atoms with Gasteiger partial charge in [-0.05, 0) is 65.3 Å². The first-order chi connectivity index (χ1) is 20.6. The summed E-state index contributed by atoms with van der Waals surface area (Å²) in [5.41, 5.74) is 0.901. The number of nitrogens with one attached hydrogen (secondary N) is 2. The van der Waals surface area contributed by atoms with Gasteiger partial charge in [0.05, 0.1) is 16.9 Å². The highest BCUT2D eigenvalue weighted by Gasteiger charge is 2.37. The molecule has 1 aromatic carbocycles. The van der Waals surface area contributed by atoms with Crippen molar-refractivity contribution < 1.29 is 14.3 Å². The molecule has 4 heterocycles. The van der Waals surface area contributed by atoms with Crippen LogP contribution in [-0.4, -0.2) is 94.6 Å². The molecule has 5 rings (SSSR count). The van der Waals surface area contributed by atoms with E-state index in [9.17, 15) is 9.59 Å². The Hall–Kier alpha value is -3.32. The van der Waals surface area contributed by atoms with Crippen molar-refractivity contribution in [2.75, 3.05) is 68.0 Å². The van der Waals surface area contributed by atoms with Gasteiger partial charge in [-0.3, -0.25) is 19.4 Å². The largest absolute Gasteiger partial charge is 0.463 e. The van der Waals surface area contributed by atoms with Crippen molar-refractivity contribution in [1.29, 1.82) is 0 Å². The molecule has 0 aliphatic carbocycles. The lowest BCUT2D eigenvalue weighted by Crippen LogP contribution is -2.50. The molecule has 2 N–H and O–H groups in total. The van der Waals surface area contributed by atoms with Crippen LogP contribution in [0.15, 0.2) is 30.5 Å². The summed E-state index contributed by atoms with van der Waals surface area (Å²) in [7, 11) is 0. The van der Waals surface area contributed by atoms with Crippen LogP contribution in [-0.2, 0) is 9.53 Å². The molecule has 11 nitrogen and oxygen atoms in total. The van der Waals surface area contributed by atoms with Gasteiger partial charge in [-0.15, -0.1) is 0 Å². The molecule has 0 radical (unpaired) electrons.